The fraction of sp³-hybridized carbons (Fsp3) is 0.312. The van der Waals surface area contributed by atoms with Crippen LogP contribution in [0.25, 0.3) is 0 Å². The van der Waals surface area contributed by atoms with Crippen molar-refractivity contribution < 1.29 is 14.3 Å². The molecule has 0 atom stereocenters. The number of nitrogens with zero attached hydrogens (tertiary/aromatic N) is 2. The number of ether oxygens (including phenoxy) is 1. The number of aromatic nitrogens is 2. The molecule has 23 heavy (non-hydrogen) atoms. The van der Waals surface area contributed by atoms with Crippen molar-refractivity contribution in [2.75, 3.05) is 25.5 Å². The van der Waals surface area contributed by atoms with E-state index in [9.17, 15) is 9.59 Å². The number of hydrogen-bond donors (Lipinski definition) is 2. The van der Waals surface area contributed by atoms with Crippen LogP contribution in [0.3, 0.4) is 0 Å². The number of imidazole rings is 1. The summed E-state index contributed by atoms with van der Waals surface area (Å²) >= 11 is 0. The van der Waals surface area contributed by atoms with Crippen molar-refractivity contribution in [2.45, 2.75) is 13.0 Å². The molecule has 1 aromatic heterocycles. The Hall–Kier alpha value is -2.83. The van der Waals surface area contributed by atoms with Gasteiger partial charge in [0.05, 0.1) is 19.9 Å². The maximum atomic E-state index is 11.9. The zero-order valence-electron chi connectivity index (χ0n) is 13.0. The number of rotatable bonds is 8. The van der Waals surface area contributed by atoms with Crippen LogP contribution in [0, 0.1) is 0 Å². The molecule has 122 valence electrons. The van der Waals surface area contributed by atoms with Crippen LogP contribution in [0.2, 0.25) is 0 Å². The monoisotopic (exact) mass is 316 g/mol. The van der Waals surface area contributed by atoms with Crippen LogP contribution in [-0.2, 0) is 16.1 Å². The Kier molecular flexibility index (Phi) is 6.17. The van der Waals surface area contributed by atoms with Crippen molar-refractivity contribution >= 4 is 17.6 Å². The van der Waals surface area contributed by atoms with E-state index in [0.717, 1.165) is 18.8 Å². The number of methoxy groups -OCH3 is 1. The van der Waals surface area contributed by atoms with Gasteiger partial charge in [0.25, 0.3) is 5.91 Å². The number of hydrogen-bond acceptors (Lipinski definition) is 5. The van der Waals surface area contributed by atoms with Gasteiger partial charge in [-0.05, 0) is 24.3 Å². The standard InChI is InChI=1S/C16H20N4O3/c1-23-15(21)6-7-19-16(22)13-2-4-14(5-3-13)18-9-11-20-10-8-17-12-20/h2-5,8,10,12,18H,6-7,9,11H2,1H3,(H,19,22). The minimum absolute atomic E-state index is 0.163. The third kappa shape index (κ3) is 5.46. The normalized spacial score (nSPS) is 10.1. The molecule has 1 aromatic carbocycles. The van der Waals surface area contributed by atoms with Crippen LogP contribution >= 0.6 is 0 Å². The van der Waals surface area contributed by atoms with Crippen molar-refractivity contribution in [2.24, 2.45) is 0 Å². The van der Waals surface area contributed by atoms with Crippen molar-refractivity contribution in [1.82, 2.24) is 14.9 Å². The second-order valence-corrected chi connectivity index (χ2v) is 4.89. The van der Waals surface area contributed by atoms with E-state index >= 15 is 0 Å². The molecular weight excluding hydrogens is 296 g/mol. The van der Waals surface area contributed by atoms with Crippen LogP contribution in [0.1, 0.15) is 16.8 Å². The Morgan fingerprint density at radius 2 is 2.00 bits per heavy atom. The summed E-state index contributed by atoms with van der Waals surface area (Å²) in [6.07, 6.45) is 5.58. The summed E-state index contributed by atoms with van der Waals surface area (Å²) in [4.78, 5) is 26.9. The van der Waals surface area contributed by atoms with Gasteiger partial charge in [-0.25, -0.2) is 4.98 Å². The zero-order valence-corrected chi connectivity index (χ0v) is 13.0. The molecular formula is C16H20N4O3. The van der Waals surface area contributed by atoms with Crippen LogP contribution in [0.5, 0.6) is 0 Å². The van der Waals surface area contributed by atoms with Gasteiger partial charge in [-0.2, -0.15) is 0 Å². The molecule has 7 nitrogen and oxygen atoms in total. The zero-order chi connectivity index (χ0) is 16.5. The van der Waals surface area contributed by atoms with Crippen molar-refractivity contribution in [3.05, 3.63) is 48.5 Å². The largest absolute Gasteiger partial charge is 0.469 e. The Labute approximate surface area is 134 Å². The maximum Gasteiger partial charge on any atom is 0.307 e. The quantitative estimate of drug-likeness (QED) is 0.717. The lowest BCUT2D eigenvalue weighted by atomic mass is 10.2. The SMILES string of the molecule is COC(=O)CCNC(=O)c1ccc(NCCn2ccnc2)cc1. The predicted molar refractivity (Wildman–Crippen MR) is 86.1 cm³/mol. The lowest BCUT2D eigenvalue weighted by Gasteiger charge is -2.08. The maximum absolute atomic E-state index is 11.9. The van der Waals surface area contributed by atoms with Crippen molar-refractivity contribution in [1.29, 1.82) is 0 Å². The second kappa shape index (κ2) is 8.57. The lowest BCUT2D eigenvalue weighted by Crippen LogP contribution is -2.26. The van der Waals surface area contributed by atoms with E-state index in [1.165, 1.54) is 7.11 Å². The molecule has 0 saturated heterocycles. The Balaban J connectivity index is 1.74. The summed E-state index contributed by atoms with van der Waals surface area (Å²) in [6, 6.07) is 7.19. The minimum Gasteiger partial charge on any atom is -0.469 e. The van der Waals surface area contributed by atoms with Gasteiger partial charge < -0.3 is 19.9 Å². The molecule has 0 bridgehead atoms. The van der Waals surface area contributed by atoms with Crippen LogP contribution < -0.4 is 10.6 Å². The average molecular weight is 316 g/mol. The number of nitrogens with one attached hydrogen (secondary N) is 2. The Morgan fingerprint density at radius 3 is 2.65 bits per heavy atom. The summed E-state index contributed by atoms with van der Waals surface area (Å²) in [7, 11) is 1.32. The highest BCUT2D eigenvalue weighted by Gasteiger charge is 2.06. The van der Waals surface area contributed by atoms with E-state index in [0.29, 0.717) is 5.56 Å². The van der Waals surface area contributed by atoms with Gasteiger partial charge in [-0.15, -0.1) is 0 Å². The van der Waals surface area contributed by atoms with Gasteiger partial charge >= 0.3 is 5.97 Å². The first-order chi connectivity index (χ1) is 11.2. The number of amides is 1. The van der Waals surface area contributed by atoms with Gasteiger partial charge in [-0.1, -0.05) is 0 Å². The first kappa shape index (κ1) is 16.5. The van der Waals surface area contributed by atoms with Crippen LogP contribution in [0.15, 0.2) is 43.0 Å². The number of carbonyl (C=O) groups is 2. The topological polar surface area (TPSA) is 85.2 Å². The van der Waals surface area contributed by atoms with Gasteiger partial charge in [0.2, 0.25) is 0 Å². The number of carbonyl (C=O) groups excluding carboxylic acids is 2. The molecule has 0 aliphatic rings. The molecule has 1 heterocycles. The fourth-order valence-electron chi connectivity index (χ4n) is 1.97. The Bertz CT molecular complexity index is 623. The summed E-state index contributed by atoms with van der Waals surface area (Å²) in [5.74, 6) is -0.554. The molecule has 0 aliphatic heterocycles. The van der Waals surface area contributed by atoms with Gasteiger partial charge in [0.15, 0.2) is 0 Å². The fourth-order valence-corrected chi connectivity index (χ4v) is 1.97. The summed E-state index contributed by atoms with van der Waals surface area (Å²) < 4.78 is 6.50. The first-order valence-electron chi connectivity index (χ1n) is 7.34. The van der Waals surface area contributed by atoms with Crippen LogP contribution in [0.4, 0.5) is 5.69 Å². The smallest absolute Gasteiger partial charge is 0.307 e. The van der Waals surface area contributed by atoms with E-state index in [1.54, 1.807) is 24.7 Å². The van der Waals surface area contributed by atoms with E-state index in [-0.39, 0.29) is 24.8 Å². The van der Waals surface area contributed by atoms with Gasteiger partial charge in [-0.3, -0.25) is 9.59 Å². The average Bonchev–Trinajstić information content (AvgIpc) is 3.08. The Morgan fingerprint density at radius 1 is 1.22 bits per heavy atom. The molecule has 2 N–H and O–H groups in total. The van der Waals surface area contributed by atoms with E-state index in [1.807, 2.05) is 22.9 Å². The molecule has 0 radical (unpaired) electrons. The summed E-state index contributed by atoms with van der Waals surface area (Å²) in [6.45, 7) is 1.84. The second-order valence-electron chi connectivity index (χ2n) is 4.89. The molecule has 0 spiro atoms. The van der Waals surface area contributed by atoms with Gasteiger partial charge in [0, 0.05) is 43.3 Å². The molecule has 7 heteroatoms. The van der Waals surface area contributed by atoms with E-state index < -0.39 is 0 Å². The number of benzene rings is 1. The van der Waals surface area contributed by atoms with Crippen LogP contribution in [-0.4, -0.2) is 41.6 Å². The molecule has 0 saturated carbocycles. The highest BCUT2D eigenvalue weighted by molar-refractivity contribution is 5.94. The predicted octanol–water partition coefficient (Wildman–Crippen LogP) is 1.29. The molecule has 0 aliphatic carbocycles. The molecule has 0 fully saturated rings. The summed E-state index contributed by atoms with van der Waals surface area (Å²) in [5.41, 5.74) is 1.49. The van der Waals surface area contributed by atoms with E-state index in [2.05, 4.69) is 20.4 Å². The third-order valence-electron chi connectivity index (χ3n) is 3.25. The number of esters is 1. The first-order valence-corrected chi connectivity index (χ1v) is 7.34. The summed E-state index contributed by atoms with van der Waals surface area (Å²) in [5, 5.41) is 5.95. The number of anilines is 1. The molecule has 2 aromatic rings. The third-order valence-corrected chi connectivity index (χ3v) is 3.25. The molecule has 2 rings (SSSR count). The van der Waals surface area contributed by atoms with Gasteiger partial charge in [0.1, 0.15) is 0 Å². The van der Waals surface area contributed by atoms with E-state index in [4.69, 9.17) is 0 Å². The lowest BCUT2D eigenvalue weighted by molar-refractivity contribution is -0.140. The highest BCUT2D eigenvalue weighted by atomic mass is 16.5. The molecule has 0 unspecified atom stereocenters. The van der Waals surface area contributed by atoms with Crippen molar-refractivity contribution in [3.8, 4) is 0 Å². The van der Waals surface area contributed by atoms with Crippen molar-refractivity contribution in [3.63, 3.8) is 0 Å². The minimum atomic E-state index is -0.345. The highest BCUT2D eigenvalue weighted by Crippen LogP contribution is 2.09. The molecule has 1 amide bonds.